The largest absolute Gasteiger partial charge is 0.434 e. The average molecular weight is 328 g/mol. The van der Waals surface area contributed by atoms with Gasteiger partial charge in [0.1, 0.15) is 5.75 Å². The van der Waals surface area contributed by atoms with E-state index in [1.54, 1.807) is 25.2 Å². The van der Waals surface area contributed by atoms with Crippen molar-refractivity contribution in [2.75, 3.05) is 20.1 Å². The fourth-order valence-electron chi connectivity index (χ4n) is 1.88. The lowest BCUT2D eigenvalue weighted by molar-refractivity contribution is -0.0504. The molecule has 1 rings (SSSR count). The van der Waals surface area contributed by atoms with Gasteiger partial charge in [0.2, 0.25) is 0 Å². The number of hydrogen-bond acceptors (Lipinski definition) is 3. The van der Waals surface area contributed by atoms with Gasteiger partial charge in [-0.25, -0.2) is 0 Å². The van der Waals surface area contributed by atoms with E-state index in [-0.39, 0.29) is 11.3 Å². The van der Waals surface area contributed by atoms with Crippen LogP contribution in [0.25, 0.3) is 0 Å². The number of aliphatic imine (C=N–C) groups is 1. The molecule has 0 atom stereocenters. The maximum Gasteiger partial charge on any atom is 0.387 e. The first-order chi connectivity index (χ1) is 10.8. The molecule has 1 aromatic rings. The van der Waals surface area contributed by atoms with Crippen molar-refractivity contribution >= 4 is 5.96 Å². The summed E-state index contributed by atoms with van der Waals surface area (Å²) >= 11 is 0. The molecule has 0 saturated heterocycles. The summed E-state index contributed by atoms with van der Waals surface area (Å²) in [6, 6.07) is 6.69. The van der Waals surface area contributed by atoms with Gasteiger partial charge in [-0.1, -0.05) is 18.2 Å². The predicted molar refractivity (Wildman–Crippen MR) is 89.0 cm³/mol. The Labute approximate surface area is 136 Å². The molecular formula is C16H26F2N4O. The van der Waals surface area contributed by atoms with Crippen LogP contribution >= 0.6 is 0 Å². The second-order valence-electron chi connectivity index (χ2n) is 6.02. The van der Waals surface area contributed by atoms with Gasteiger partial charge in [0.15, 0.2) is 5.96 Å². The molecule has 0 aliphatic rings. The topological polar surface area (TPSA) is 57.7 Å². The highest BCUT2D eigenvalue weighted by Gasteiger charge is 2.10. The highest BCUT2D eigenvalue weighted by molar-refractivity contribution is 5.79. The Morgan fingerprint density at radius 3 is 2.48 bits per heavy atom. The van der Waals surface area contributed by atoms with E-state index in [1.165, 1.54) is 6.07 Å². The summed E-state index contributed by atoms with van der Waals surface area (Å²) in [7, 11) is 1.66. The second-order valence-corrected chi connectivity index (χ2v) is 6.02. The third-order valence-electron chi connectivity index (χ3n) is 2.93. The van der Waals surface area contributed by atoms with Gasteiger partial charge in [0, 0.05) is 37.8 Å². The van der Waals surface area contributed by atoms with Crippen LogP contribution in [0.3, 0.4) is 0 Å². The molecule has 7 heteroatoms. The van der Waals surface area contributed by atoms with Crippen LogP contribution in [0.4, 0.5) is 8.78 Å². The van der Waals surface area contributed by atoms with Crippen LogP contribution in [0.15, 0.2) is 29.3 Å². The summed E-state index contributed by atoms with van der Waals surface area (Å²) in [6.45, 7) is 5.29. The van der Waals surface area contributed by atoms with E-state index >= 15 is 0 Å². The van der Waals surface area contributed by atoms with Crippen LogP contribution in [0.2, 0.25) is 0 Å². The van der Waals surface area contributed by atoms with Crippen molar-refractivity contribution in [2.24, 2.45) is 4.99 Å². The number of guanidine groups is 1. The molecule has 0 aliphatic carbocycles. The lowest BCUT2D eigenvalue weighted by atomic mass is 10.1. The monoisotopic (exact) mass is 328 g/mol. The van der Waals surface area contributed by atoms with E-state index in [0.29, 0.717) is 24.6 Å². The van der Waals surface area contributed by atoms with E-state index in [1.807, 2.05) is 0 Å². The standard InChI is InChI=1S/C16H26F2N4O/c1-16(2,3)22-10-9-20-15(19-4)21-11-12-7-5-6-8-13(12)23-14(17)18/h5-8,14,22H,9-11H2,1-4H3,(H2,19,20,21). The van der Waals surface area contributed by atoms with Crippen molar-refractivity contribution in [3.05, 3.63) is 29.8 Å². The highest BCUT2D eigenvalue weighted by Crippen LogP contribution is 2.19. The molecule has 1 aromatic carbocycles. The quantitative estimate of drug-likeness (QED) is 0.408. The number of benzene rings is 1. The molecule has 0 spiro atoms. The minimum atomic E-state index is -2.84. The second kappa shape index (κ2) is 9.29. The third kappa shape index (κ3) is 8.35. The number of rotatable bonds is 7. The number of hydrogen-bond donors (Lipinski definition) is 3. The zero-order chi connectivity index (χ0) is 17.3. The van der Waals surface area contributed by atoms with Crippen molar-refractivity contribution in [1.82, 2.24) is 16.0 Å². The molecular weight excluding hydrogens is 302 g/mol. The average Bonchev–Trinajstić information content (AvgIpc) is 2.46. The van der Waals surface area contributed by atoms with Gasteiger partial charge in [-0.2, -0.15) is 8.78 Å². The van der Waals surface area contributed by atoms with Gasteiger partial charge in [-0.3, -0.25) is 4.99 Å². The summed E-state index contributed by atoms with van der Waals surface area (Å²) in [5, 5.41) is 9.60. The van der Waals surface area contributed by atoms with Crippen LogP contribution in [-0.4, -0.2) is 38.2 Å². The van der Waals surface area contributed by atoms with Gasteiger partial charge in [0.05, 0.1) is 0 Å². The smallest absolute Gasteiger partial charge is 0.387 e. The molecule has 0 aliphatic heterocycles. The minimum Gasteiger partial charge on any atom is -0.434 e. The van der Waals surface area contributed by atoms with E-state index in [9.17, 15) is 8.78 Å². The van der Waals surface area contributed by atoms with Crippen molar-refractivity contribution in [3.63, 3.8) is 0 Å². The van der Waals surface area contributed by atoms with Crippen LogP contribution in [0.1, 0.15) is 26.3 Å². The number of nitrogens with one attached hydrogen (secondary N) is 3. The van der Waals surface area contributed by atoms with Crippen molar-refractivity contribution in [2.45, 2.75) is 39.5 Å². The van der Waals surface area contributed by atoms with E-state index in [2.05, 4.69) is 46.5 Å². The summed E-state index contributed by atoms with van der Waals surface area (Å²) in [6.07, 6.45) is 0. The summed E-state index contributed by atoms with van der Waals surface area (Å²) in [4.78, 5) is 4.11. The molecule has 0 fully saturated rings. The highest BCUT2D eigenvalue weighted by atomic mass is 19.3. The Balaban J connectivity index is 2.46. The zero-order valence-corrected chi connectivity index (χ0v) is 14.1. The Morgan fingerprint density at radius 2 is 1.87 bits per heavy atom. The van der Waals surface area contributed by atoms with Crippen LogP contribution in [-0.2, 0) is 6.54 Å². The first-order valence-corrected chi connectivity index (χ1v) is 7.54. The Morgan fingerprint density at radius 1 is 1.17 bits per heavy atom. The lowest BCUT2D eigenvalue weighted by Gasteiger charge is -2.21. The Kier molecular flexibility index (Phi) is 7.74. The van der Waals surface area contributed by atoms with Crippen molar-refractivity contribution in [3.8, 4) is 5.75 Å². The summed E-state index contributed by atoms with van der Waals surface area (Å²) in [5.74, 6) is 0.771. The van der Waals surface area contributed by atoms with Crippen LogP contribution < -0.4 is 20.7 Å². The normalized spacial score (nSPS) is 12.4. The maximum atomic E-state index is 12.4. The molecule has 0 amide bonds. The van der Waals surface area contributed by atoms with Gasteiger partial charge in [-0.15, -0.1) is 0 Å². The fraction of sp³-hybridized carbons (Fsp3) is 0.562. The Bertz CT molecular complexity index is 501. The Hall–Kier alpha value is -1.89. The summed E-state index contributed by atoms with van der Waals surface area (Å²) in [5.41, 5.74) is 0.702. The van der Waals surface area contributed by atoms with Gasteiger partial charge >= 0.3 is 6.61 Å². The molecule has 5 nitrogen and oxygen atoms in total. The molecule has 23 heavy (non-hydrogen) atoms. The molecule has 0 heterocycles. The van der Waals surface area contributed by atoms with Gasteiger partial charge in [0.25, 0.3) is 0 Å². The first kappa shape index (κ1) is 19.2. The molecule has 0 bridgehead atoms. The van der Waals surface area contributed by atoms with E-state index < -0.39 is 6.61 Å². The van der Waals surface area contributed by atoms with Crippen LogP contribution in [0, 0.1) is 0 Å². The maximum absolute atomic E-state index is 12.4. The first-order valence-electron chi connectivity index (χ1n) is 7.54. The number of ether oxygens (including phenoxy) is 1. The third-order valence-corrected chi connectivity index (χ3v) is 2.93. The molecule has 0 unspecified atom stereocenters. The number of alkyl halides is 2. The number of halogens is 2. The molecule has 130 valence electrons. The SMILES string of the molecule is CN=C(NCCNC(C)(C)C)NCc1ccccc1OC(F)F. The molecule has 0 saturated carbocycles. The summed E-state index contributed by atoms with van der Waals surface area (Å²) < 4.78 is 29.3. The van der Waals surface area contributed by atoms with Gasteiger partial charge in [-0.05, 0) is 26.8 Å². The zero-order valence-electron chi connectivity index (χ0n) is 14.1. The number of para-hydroxylation sites is 1. The molecule has 3 N–H and O–H groups in total. The number of nitrogens with zero attached hydrogens (tertiary/aromatic N) is 1. The van der Waals surface area contributed by atoms with E-state index in [4.69, 9.17) is 0 Å². The van der Waals surface area contributed by atoms with Crippen molar-refractivity contribution in [1.29, 1.82) is 0 Å². The molecule has 0 radical (unpaired) electrons. The molecule has 0 aromatic heterocycles. The minimum absolute atomic E-state index is 0.0597. The van der Waals surface area contributed by atoms with Crippen molar-refractivity contribution < 1.29 is 13.5 Å². The lowest BCUT2D eigenvalue weighted by Crippen LogP contribution is -2.44. The van der Waals surface area contributed by atoms with Crippen LogP contribution in [0.5, 0.6) is 5.75 Å². The van der Waals surface area contributed by atoms with E-state index in [0.717, 1.165) is 6.54 Å². The fourth-order valence-corrected chi connectivity index (χ4v) is 1.88. The van der Waals surface area contributed by atoms with Gasteiger partial charge < -0.3 is 20.7 Å². The predicted octanol–water partition coefficient (Wildman–Crippen LogP) is 2.34.